The van der Waals surface area contributed by atoms with Crippen molar-refractivity contribution in [2.75, 3.05) is 0 Å². The molecular formula is C40H67Br2NO5SSi2. The average Bonchev–Trinajstić information content (AvgIpc) is 3.19. The number of cyclic esters (lactones) is 1. The molecule has 11 heteroatoms. The second-order valence-electron chi connectivity index (χ2n) is 19.3. The average molecular weight is 890 g/mol. The van der Waals surface area contributed by atoms with Crippen LogP contribution in [0.2, 0.25) is 36.3 Å². The molecule has 0 N–H and O–H groups in total. The Bertz CT molecular complexity index is 1490. The highest BCUT2D eigenvalue weighted by atomic mass is 79.9. The number of allylic oxidation sites excluding steroid dienone is 2. The fourth-order valence-electron chi connectivity index (χ4n) is 6.69. The summed E-state index contributed by atoms with van der Waals surface area (Å²) in [7, 11) is -4.68. The third kappa shape index (κ3) is 9.87. The summed E-state index contributed by atoms with van der Waals surface area (Å²) in [5.41, 5.74) is 0.598. The standard InChI is InChI=1S/C40H67Br2NO5SSi2/c1-25-19-18-20-39(13)31(40(39,41)42)22-30(26(2)21-29-24-49-28(4)43-29)46-33(44)23-32(47-50(14,15)36(5,6)7)38(11,12)35(45)27(3)34(25)48-51(16,17)37(8,9)10/h18,20-21,24-25,27,30-32,34H,19,22-23H2,1-17H3/t25-,27+,30-,31-,32-,34-,39+/m0/s1. The van der Waals surface area contributed by atoms with Gasteiger partial charge in [0.25, 0.3) is 0 Å². The van der Waals surface area contributed by atoms with E-state index in [9.17, 15) is 9.59 Å². The van der Waals surface area contributed by atoms with Gasteiger partial charge in [0.1, 0.15) is 11.9 Å². The molecule has 0 saturated heterocycles. The number of aromatic nitrogens is 1. The highest BCUT2D eigenvalue weighted by molar-refractivity contribution is 9.25. The van der Waals surface area contributed by atoms with E-state index in [0.717, 1.165) is 22.7 Å². The zero-order valence-electron chi connectivity index (χ0n) is 34.5. The number of Topliss-reactive ketones (excluding diaryl/α,β-unsaturated/α-hetero) is 1. The SMILES string of the molecule is CC(=Cc1csc(C)n1)[C@@H]1C[C@@H]2C(Br)(Br)[C@]2(C)C=CC[C@H](C)[C@H](O[Si](C)(C)C(C)(C)C)[C@@H](C)C(=O)C(C)(C)[C@@H](O[Si](C)(C)C(C)(C)C)CC(=O)O1. The second kappa shape index (κ2) is 15.6. The van der Waals surface area contributed by atoms with Gasteiger partial charge in [0.15, 0.2) is 16.6 Å². The molecular weight excluding hydrogens is 822 g/mol. The van der Waals surface area contributed by atoms with Crippen molar-refractivity contribution >= 4 is 77.7 Å². The number of halogens is 2. The first-order valence-corrected chi connectivity index (χ1v) is 26.9. The maximum absolute atomic E-state index is 14.9. The van der Waals surface area contributed by atoms with E-state index in [4.69, 9.17) is 13.6 Å². The molecule has 1 fully saturated rings. The number of ketones is 1. The Morgan fingerprint density at radius 1 is 1.00 bits per heavy atom. The molecule has 290 valence electrons. The number of alkyl halides is 2. The van der Waals surface area contributed by atoms with Gasteiger partial charge in [-0.05, 0) is 86.4 Å². The molecule has 2 heterocycles. The largest absolute Gasteiger partial charge is 0.458 e. The third-order valence-corrected chi connectivity index (χ3v) is 25.3. The molecule has 51 heavy (non-hydrogen) atoms. The van der Waals surface area contributed by atoms with Gasteiger partial charge < -0.3 is 13.6 Å². The van der Waals surface area contributed by atoms with Gasteiger partial charge in [-0.3, -0.25) is 9.59 Å². The number of aryl methyl sites for hydroxylation is 1. The van der Waals surface area contributed by atoms with Crippen LogP contribution in [0.4, 0.5) is 0 Å². The maximum Gasteiger partial charge on any atom is 0.309 e. The minimum Gasteiger partial charge on any atom is -0.458 e. The summed E-state index contributed by atoms with van der Waals surface area (Å²) in [6, 6.07) is 0. The normalized spacial score (nSPS) is 31.6. The number of ether oxygens (including phenoxy) is 1. The van der Waals surface area contributed by atoms with Crippen molar-refractivity contribution in [2.45, 2.75) is 167 Å². The van der Waals surface area contributed by atoms with E-state index in [2.05, 4.69) is 131 Å². The molecule has 0 aromatic carbocycles. The summed E-state index contributed by atoms with van der Waals surface area (Å²) in [4.78, 5) is 33.8. The minimum atomic E-state index is -2.42. The van der Waals surface area contributed by atoms with Crippen molar-refractivity contribution in [3.8, 4) is 0 Å². The van der Waals surface area contributed by atoms with Crippen molar-refractivity contribution in [3.05, 3.63) is 33.8 Å². The lowest BCUT2D eigenvalue weighted by atomic mass is 9.73. The lowest BCUT2D eigenvalue weighted by molar-refractivity contribution is -0.154. The Morgan fingerprint density at radius 3 is 2.06 bits per heavy atom. The number of hydrogen-bond donors (Lipinski definition) is 0. The van der Waals surface area contributed by atoms with Crippen LogP contribution in [0, 0.1) is 35.5 Å². The molecule has 0 unspecified atom stereocenters. The van der Waals surface area contributed by atoms with Gasteiger partial charge in [-0.15, -0.1) is 11.3 Å². The van der Waals surface area contributed by atoms with Crippen LogP contribution in [0.3, 0.4) is 0 Å². The molecule has 1 saturated carbocycles. The van der Waals surface area contributed by atoms with E-state index in [1.807, 2.05) is 46.1 Å². The van der Waals surface area contributed by atoms with E-state index in [1.165, 1.54) is 0 Å². The maximum atomic E-state index is 14.9. The summed E-state index contributed by atoms with van der Waals surface area (Å²) in [6.45, 7) is 36.6. The smallest absolute Gasteiger partial charge is 0.309 e. The molecule has 2 aliphatic rings. The van der Waals surface area contributed by atoms with Crippen LogP contribution in [0.5, 0.6) is 0 Å². The molecule has 1 aliphatic carbocycles. The summed E-state index contributed by atoms with van der Waals surface area (Å²) >= 11 is 9.62. The van der Waals surface area contributed by atoms with Gasteiger partial charge in [-0.25, -0.2) is 4.98 Å². The zero-order valence-corrected chi connectivity index (χ0v) is 40.5. The Labute approximate surface area is 333 Å². The zero-order chi connectivity index (χ0) is 39.3. The monoisotopic (exact) mass is 887 g/mol. The van der Waals surface area contributed by atoms with E-state index in [0.29, 0.717) is 6.42 Å². The fraction of sp³-hybridized carbons (Fsp3) is 0.775. The number of carbonyl (C=O) groups excluding carboxylic acids is 2. The predicted molar refractivity (Wildman–Crippen MR) is 227 cm³/mol. The third-order valence-electron chi connectivity index (χ3n) is 12.8. The quantitative estimate of drug-likeness (QED) is 0.123. The van der Waals surface area contributed by atoms with Gasteiger partial charge in [-0.1, -0.05) is 120 Å². The first kappa shape index (κ1) is 45.0. The molecule has 1 aromatic heterocycles. The first-order valence-electron chi connectivity index (χ1n) is 18.6. The second-order valence-corrected chi connectivity index (χ2v) is 33.4. The summed E-state index contributed by atoms with van der Waals surface area (Å²) in [5, 5.41) is 2.88. The number of carbonyl (C=O) groups is 2. The molecule has 1 aliphatic heterocycles. The lowest BCUT2D eigenvalue weighted by Crippen LogP contribution is -2.54. The van der Waals surface area contributed by atoms with Crippen molar-refractivity contribution in [2.24, 2.45) is 28.6 Å². The number of esters is 1. The lowest BCUT2D eigenvalue weighted by Gasteiger charge is -2.46. The molecule has 0 spiro atoms. The van der Waals surface area contributed by atoms with Crippen molar-refractivity contribution < 1.29 is 23.2 Å². The Balaban J connectivity index is 2.18. The molecule has 1 aromatic rings. The van der Waals surface area contributed by atoms with Crippen LogP contribution in [0.15, 0.2) is 23.1 Å². The highest BCUT2D eigenvalue weighted by Crippen LogP contribution is 2.73. The Kier molecular flexibility index (Phi) is 13.8. The topological polar surface area (TPSA) is 74.7 Å². The van der Waals surface area contributed by atoms with Gasteiger partial charge in [0.05, 0.1) is 32.6 Å². The number of rotatable bonds is 6. The summed E-state index contributed by atoms with van der Waals surface area (Å²) in [6.07, 6.45) is 6.55. The first-order chi connectivity index (χ1) is 22.9. The van der Waals surface area contributed by atoms with Crippen LogP contribution >= 0.6 is 43.2 Å². The number of thiazole rings is 1. The molecule has 0 bridgehead atoms. The highest BCUT2D eigenvalue weighted by Gasteiger charge is 2.70. The van der Waals surface area contributed by atoms with Crippen LogP contribution in [0.1, 0.15) is 113 Å². The van der Waals surface area contributed by atoms with Gasteiger partial charge in [0, 0.05) is 22.1 Å². The molecule has 0 amide bonds. The number of fused-ring (bicyclic) bond motifs is 1. The van der Waals surface area contributed by atoms with Gasteiger partial charge in [0.2, 0.25) is 0 Å². The van der Waals surface area contributed by atoms with Crippen LogP contribution in [-0.2, 0) is 23.2 Å². The summed E-state index contributed by atoms with van der Waals surface area (Å²) in [5.74, 6) is -0.475. The predicted octanol–water partition coefficient (Wildman–Crippen LogP) is 12.3. The van der Waals surface area contributed by atoms with E-state index in [-0.39, 0.29) is 54.8 Å². The van der Waals surface area contributed by atoms with E-state index < -0.39 is 40.2 Å². The van der Waals surface area contributed by atoms with Crippen LogP contribution in [0.25, 0.3) is 6.08 Å². The van der Waals surface area contributed by atoms with E-state index in [1.54, 1.807) is 11.3 Å². The Morgan fingerprint density at radius 2 is 1.55 bits per heavy atom. The minimum absolute atomic E-state index is 0.0174. The molecule has 7 atom stereocenters. The van der Waals surface area contributed by atoms with Crippen LogP contribution in [-0.4, -0.2) is 54.9 Å². The van der Waals surface area contributed by atoms with Crippen LogP contribution < -0.4 is 0 Å². The fourth-order valence-corrected chi connectivity index (χ4v) is 12.1. The number of nitrogens with zero attached hydrogens (tertiary/aromatic N) is 1. The van der Waals surface area contributed by atoms with E-state index >= 15 is 0 Å². The molecule has 0 radical (unpaired) electrons. The van der Waals surface area contributed by atoms with Gasteiger partial charge >= 0.3 is 5.97 Å². The van der Waals surface area contributed by atoms with Crippen molar-refractivity contribution in [3.63, 3.8) is 0 Å². The summed E-state index contributed by atoms with van der Waals surface area (Å²) < 4.78 is 20.4. The van der Waals surface area contributed by atoms with Crippen molar-refractivity contribution in [1.29, 1.82) is 0 Å². The number of hydrogen-bond acceptors (Lipinski definition) is 7. The van der Waals surface area contributed by atoms with Gasteiger partial charge in [-0.2, -0.15) is 0 Å². The molecule has 3 rings (SSSR count). The Hall–Kier alpha value is -0.436. The molecule has 6 nitrogen and oxygen atoms in total. The van der Waals surface area contributed by atoms with Crippen molar-refractivity contribution in [1.82, 2.24) is 4.98 Å².